The lowest BCUT2D eigenvalue weighted by Gasteiger charge is -2.36. The second-order valence-corrected chi connectivity index (χ2v) is 8.90. The maximum absolute atomic E-state index is 12.6. The van der Waals surface area contributed by atoms with E-state index >= 15 is 0 Å². The van der Waals surface area contributed by atoms with E-state index in [1.165, 1.54) is 16.7 Å². The number of carbonyl (C=O) groups is 1. The maximum Gasteiger partial charge on any atom is 0.258 e. The van der Waals surface area contributed by atoms with Gasteiger partial charge in [-0.2, -0.15) is 0 Å². The van der Waals surface area contributed by atoms with Gasteiger partial charge in [-0.25, -0.2) is 0 Å². The fourth-order valence-electron chi connectivity index (χ4n) is 4.28. The largest absolute Gasteiger partial charge is 0.484 e. The highest BCUT2D eigenvalue weighted by molar-refractivity contribution is 5.77. The molecule has 3 aromatic rings. The van der Waals surface area contributed by atoms with Crippen molar-refractivity contribution in [3.63, 3.8) is 0 Å². The minimum Gasteiger partial charge on any atom is -0.484 e. The van der Waals surface area contributed by atoms with Crippen LogP contribution in [0.2, 0.25) is 0 Å². The number of nitrogens with one attached hydrogen (secondary N) is 1. The molecule has 172 valence electrons. The van der Waals surface area contributed by atoms with Gasteiger partial charge in [0.15, 0.2) is 6.61 Å². The van der Waals surface area contributed by atoms with E-state index < -0.39 is 0 Å². The number of ether oxygens (including phenoxy) is 1. The van der Waals surface area contributed by atoms with E-state index in [0.717, 1.165) is 30.8 Å². The minimum atomic E-state index is -0.108. The molecule has 5 nitrogen and oxygen atoms in total. The zero-order valence-corrected chi connectivity index (χ0v) is 19.8. The van der Waals surface area contributed by atoms with E-state index in [1.807, 2.05) is 45.3 Å². The van der Waals surface area contributed by atoms with Crippen molar-refractivity contribution in [1.29, 1.82) is 0 Å². The summed E-state index contributed by atoms with van der Waals surface area (Å²) < 4.78 is 5.66. The molecule has 0 saturated heterocycles. The van der Waals surface area contributed by atoms with E-state index in [4.69, 9.17) is 4.74 Å². The Morgan fingerprint density at radius 2 is 1.70 bits per heavy atom. The summed E-state index contributed by atoms with van der Waals surface area (Å²) in [6.07, 6.45) is 1.02. The van der Waals surface area contributed by atoms with Gasteiger partial charge in [-0.1, -0.05) is 54.1 Å². The zero-order chi connectivity index (χ0) is 23.2. The number of rotatable bonds is 8. The second kappa shape index (κ2) is 10.5. The highest BCUT2D eigenvalue weighted by atomic mass is 16.5. The van der Waals surface area contributed by atoms with Crippen LogP contribution in [0.15, 0.2) is 72.8 Å². The molecule has 0 saturated carbocycles. The van der Waals surface area contributed by atoms with E-state index in [0.29, 0.717) is 12.3 Å². The average molecular weight is 444 g/mol. The van der Waals surface area contributed by atoms with E-state index in [1.54, 1.807) is 0 Å². The smallest absolute Gasteiger partial charge is 0.258 e. The van der Waals surface area contributed by atoms with Gasteiger partial charge in [0.05, 0.1) is 6.04 Å². The Hall–Kier alpha value is -3.31. The fraction of sp³-hybridized carbons (Fsp3) is 0.321. The number of hydrogen-bond acceptors (Lipinski definition) is 4. The number of benzene rings is 3. The molecule has 4 rings (SSSR count). The average Bonchev–Trinajstić information content (AvgIpc) is 2.84. The van der Waals surface area contributed by atoms with Crippen molar-refractivity contribution in [3.05, 3.63) is 95.1 Å². The van der Waals surface area contributed by atoms with Crippen molar-refractivity contribution in [3.8, 4) is 5.75 Å². The molecular weight excluding hydrogens is 410 g/mol. The first-order valence-corrected chi connectivity index (χ1v) is 11.5. The third-order valence-corrected chi connectivity index (χ3v) is 6.28. The van der Waals surface area contributed by atoms with Gasteiger partial charge in [0.2, 0.25) is 0 Å². The quantitative estimate of drug-likeness (QED) is 0.562. The Labute approximate surface area is 197 Å². The van der Waals surface area contributed by atoms with Gasteiger partial charge in [-0.15, -0.1) is 0 Å². The normalized spacial score (nSPS) is 14.3. The molecule has 0 aromatic heterocycles. The topological polar surface area (TPSA) is 44.8 Å². The Morgan fingerprint density at radius 3 is 2.39 bits per heavy atom. The Kier molecular flexibility index (Phi) is 7.30. The molecule has 1 atom stereocenters. The highest BCUT2D eigenvalue weighted by Crippen LogP contribution is 2.28. The molecule has 0 unspecified atom stereocenters. The van der Waals surface area contributed by atoms with Crippen LogP contribution in [-0.4, -0.2) is 44.6 Å². The second-order valence-electron chi connectivity index (χ2n) is 8.90. The van der Waals surface area contributed by atoms with Crippen molar-refractivity contribution in [2.75, 3.05) is 38.7 Å². The molecular formula is C28H33N3O2. The Morgan fingerprint density at radius 1 is 1.00 bits per heavy atom. The molecule has 0 spiro atoms. The lowest BCUT2D eigenvalue weighted by Crippen LogP contribution is -2.41. The molecule has 1 aliphatic heterocycles. The summed E-state index contributed by atoms with van der Waals surface area (Å²) in [6.45, 7) is 4.43. The monoisotopic (exact) mass is 443 g/mol. The summed E-state index contributed by atoms with van der Waals surface area (Å²) in [5.74, 6) is 0.599. The lowest BCUT2D eigenvalue weighted by molar-refractivity contribution is -0.123. The summed E-state index contributed by atoms with van der Waals surface area (Å²) in [5.41, 5.74) is 6.33. The Bertz CT molecular complexity index is 1060. The van der Waals surface area contributed by atoms with Crippen molar-refractivity contribution in [1.82, 2.24) is 10.2 Å². The number of fused-ring (bicyclic) bond motifs is 1. The summed E-state index contributed by atoms with van der Waals surface area (Å²) in [5, 5.41) is 3.11. The molecule has 3 aromatic carbocycles. The number of amides is 1. The number of hydrogen-bond donors (Lipinski definition) is 1. The van der Waals surface area contributed by atoms with Crippen LogP contribution in [0.4, 0.5) is 5.69 Å². The third kappa shape index (κ3) is 5.93. The molecule has 5 heteroatoms. The van der Waals surface area contributed by atoms with Crippen LogP contribution in [0.25, 0.3) is 0 Å². The van der Waals surface area contributed by atoms with Crippen molar-refractivity contribution < 1.29 is 9.53 Å². The van der Waals surface area contributed by atoms with Crippen LogP contribution in [-0.2, 0) is 17.8 Å². The minimum absolute atomic E-state index is 0.0121. The van der Waals surface area contributed by atoms with Gasteiger partial charge in [-0.3, -0.25) is 9.69 Å². The van der Waals surface area contributed by atoms with Gasteiger partial charge in [0, 0.05) is 39.4 Å². The maximum atomic E-state index is 12.6. The molecule has 1 heterocycles. The first kappa shape index (κ1) is 22.9. The number of nitrogens with zero attached hydrogens (tertiary/aromatic N) is 2. The van der Waals surface area contributed by atoms with Crippen molar-refractivity contribution >= 4 is 11.6 Å². The molecule has 1 N–H and O–H groups in total. The van der Waals surface area contributed by atoms with Crippen LogP contribution in [0.3, 0.4) is 0 Å². The standard InChI is InChI=1S/C28H33N3O2/c1-21-8-14-26(15-9-21)33-20-28(32)29-18-27(23-10-12-25(13-11-23)30(2)3)31-17-16-22-6-4-5-7-24(22)19-31/h4-15,27H,16-20H2,1-3H3,(H,29,32)/t27-/m1/s1. The van der Waals surface area contributed by atoms with E-state index in [9.17, 15) is 4.79 Å². The van der Waals surface area contributed by atoms with Crippen LogP contribution in [0.5, 0.6) is 5.75 Å². The molecule has 1 aliphatic rings. The van der Waals surface area contributed by atoms with Crippen LogP contribution < -0.4 is 15.0 Å². The molecule has 1 amide bonds. The first-order valence-electron chi connectivity index (χ1n) is 11.5. The van der Waals surface area contributed by atoms with Crippen molar-refractivity contribution in [2.24, 2.45) is 0 Å². The van der Waals surface area contributed by atoms with E-state index in [2.05, 4.69) is 63.6 Å². The third-order valence-electron chi connectivity index (χ3n) is 6.28. The van der Waals surface area contributed by atoms with Gasteiger partial charge in [-0.05, 0) is 54.3 Å². The number of carbonyl (C=O) groups excluding carboxylic acids is 1. The predicted octanol–water partition coefficient (Wildman–Crippen LogP) is 4.36. The van der Waals surface area contributed by atoms with Crippen LogP contribution in [0, 0.1) is 6.92 Å². The molecule has 0 radical (unpaired) electrons. The zero-order valence-electron chi connectivity index (χ0n) is 19.8. The SMILES string of the molecule is Cc1ccc(OCC(=O)NC[C@H](c2ccc(N(C)C)cc2)N2CCc3ccccc3C2)cc1. The molecule has 33 heavy (non-hydrogen) atoms. The lowest BCUT2D eigenvalue weighted by atomic mass is 9.96. The first-order chi connectivity index (χ1) is 16.0. The molecule has 0 aliphatic carbocycles. The summed E-state index contributed by atoms with van der Waals surface area (Å²) in [7, 11) is 4.09. The van der Waals surface area contributed by atoms with Crippen LogP contribution in [0.1, 0.15) is 28.3 Å². The van der Waals surface area contributed by atoms with Gasteiger partial charge in [0.25, 0.3) is 5.91 Å². The summed E-state index contributed by atoms with van der Waals surface area (Å²) >= 11 is 0. The number of aryl methyl sites for hydroxylation is 1. The van der Waals surface area contributed by atoms with Gasteiger partial charge >= 0.3 is 0 Å². The van der Waals surface area contributed by atoms with Gasteiger partial charge < -0.3 is 15.0 Å². The fourth-order valence-corrected chi connectivity index (χ4v) is 4.28. The van der Waals surface area contributed by atoms with Crippen molar-refractivity contribution in [2.45, 2.75) is 25.9 Å². The van der Waals surface area contributed by atoms with Crippen LogP contribution >= 0.6 is 0 Å². The number of anilines is 1. The highest BCUT2D eigenvalue weighted by Gasteiger charge is 2.25. The molecule has 0 fully saturated rings. The van der Waals surface area contributed by atoms with Gasteiger partial charge in [0.1, 0.15) is 5.75 Å². The molecule has 0 bridgehead atoms. The Balaban J connectivity index is 1.44. The van der Waals surface area contributed by atoms with E-state index in [-0.39, 0.29) is 18.6 Å². The summed E-state index contributed by atoms with van der Waals surface area (Å²) in [6, 6.07) is 25.1. The predicted molar refractivity (Wildman–Crippen MR) is 134 cm³/mol. The summed E-state index contributed by atoms with van der Waals surface area (Å²) in [4.78, 5) is 17.1.